The molecule has 3 aromatic rings. The van der Waals surface area contributed by atoms with E-state index in [-0.39, 0.29) is 11.5 Å². The molecular formula is C23H26N6O2S2. The smallest absolute Gasteiger partial charge is 0.267 e. The molecule has 0 saturated carbocycles. The molecule has 0 unspecified atom stereocenters. The quantitative estimate of drug-likeness (QED) is 0.267. The van der Waals surface area contributed by atoms with Crippen LogP contribution in [0.3, 0.4) is 0 Å². The number of carbonyl (C=O) groups excluding carboxylic acids is 1. The van der Waals surface area contributed by atoms with E-state index in [0.29, 0.717) is 39.3 Å². The zero-order valence-corrected chi connectivity index (χ0v) is 20.1. The first-order valence-corrected chi connectivity index (χ1v) is 12.3. The van der Waals surface area contributed by atoms with Crippen LogP contribution in [-0.4, -0.2) is 47.2 Å². The van der Waals surface area contributed by atoms with Crippen molar-refractivity contribution in [3.8, 4) is 0 Å². The van der Waals surface area contributed by atoms with Crippen LogP contribution in [-0.2, 0) is 11.3 Å². The third kappa shape index (κ3) is 5.33. The monoisotopic (exact) mass is 482 g/mol. The Labute approximate surface area is 201 Å². The molecule has 1 amide bonds. The van der Waals surface area contributed by atoms with E-state index in [2.05, 4.69) is 22.2 Å². The van der Waals surface area contributed by atoms with Crippen molar-refractivity contribution in [1.82, 2.24) is 23.8 Å². The van der Waals surface area contributed by atoms with Gasteiger partial charge in [0.1, 0.15) is 15.8 Å². The van der Waals surface area contributed by atoms with E-state index in [1.54, 1.807) is 41.8 Å². The molecule has 1 N–H and O–H groups in total. The molecule has 1 saturated heterocycles. The molecule has 8 nitrogen and oxygen atoms in total. The molecule has 0 bridgehead atoms. The van der Waals surface area contributed by atoms with Crippen LogP contribution >= 0.6 is 24.0 Å². The second-order valence-corrected chi connectivity index (χ2v) is 9.41. The SMILES string of the molecule is CCCCCN1C(=O)/C(=C\c2c(NCCCn3ccnc3)nc3ccccn3c2=O)SC1=S. The Kier molecular flexibility index (Phi) is 7.56. The van der Waals surface area contributed by atoms with E-state index in [1.807, 2.05) is 16.8 Å². The van der Waals surface area contributed by atoms with Crippen LogP contribution in [0, 0.1) is 0 Å². The Morgan fingerprint density at radius 1 is 1.15 bits per heavy atom. The Hall–Kier alpha value is -2.98. The van der Waals surface area contributed by atoms with E-state index in [4.69, 9.17) is 12.2 Å². The van der Waals surface area contributed by atoms with Crippen molar-refractivity contribution in [1.29, 1.82) is 0 Å². The lowest BCUT2D eigenvalue weighted by Crippen LogP contribution is -2.29. The van der Waals surface area contributed by atoms with Crippen molar-refractivity contribution in [2.75, 3.05) is 18.4 Å². The minimum atomic E-state index is -0.228. The van der Waals surface area contributed by atoms with E-state index >= 15 is 0 Å². The number of thiocarbonyl (C=S) groups is 1. The van der Waals surface area contributed by atoms with Gasteiger partial charge < -0.3 is 9.88 Å². The summed E-state index contributed by atoms with van der Waals surface area (Å²) in [6, 6.07) is 5.41. The Morgan fingerprint density at radius 3 is 2.82 bits per heavy atom. The molecule has 1 aliphatic rings. The number of carbonyl (C=O) groups is 1. The standard InChI is InChI=1S/C23H26N6O2S2/c1-2-3-5-13-29-22(31)18(33-23(29)32)15-17-20(25-9-7-11-27-14-10-24-16-27)26-19-8-4-6-12-28(19)21(17)30/h4,6,8,10,12,14-16,25H,2-3,5,7,9,11,13H2,1H3/b18-15+. The van der Waals surface area contributed by atoms with Crippen LogP contribution in [0.4, 0.5) is 5.82 Å². The van der Waals surface area contributed by atoms with Crippen molar-refractivity contribution >= 4 is 51.7 Å². The van der Waals surface area contributed by atoms with Crippen molar-refractivity contribution in [2.24, 2.45) is 0 Å². The normalized spacial score (nSPS) is 15.2. The first-order chi connectivity index (χ1) is 16.1. The largest absolute Gasteiger partial charge is 0.369 e. The molecule has 0 atom stereocenters. The van der Waals surface area contributed by atoms with Gasteiger partial charge >= 0.3 is 0 Å². The number of aromatic nitrogens is 4. The second-order valence-electron chi connectivity index (χ2n) is 7.73. The summed E-state index contributed by atoms with van der Waals surface area (Å²) < 4.78 is 4.02. The van der Waals surface area contributed by atoms with Crippen molar-refractivity contribution < 1.29 is 4.79 Å². The van der Waals surface area contributed by atoms with Gasteiger partial charge in [-0.2, -0.15) is 0 Å². The highest BCUT2D eigenvalue weighted by atomic mass is 32.2. The van der Waals surface area contributed by atoms with Crippen LogP contribution in [0.25, 0.3) is 11.7 Å². The lowest BCUT2D eigenvalue weighted by Gasteiger charge is -2.13. The van der Waals surface area contributed by atoms with Gasteiger partial charge in [-0.15, -0.1) is 0 Å². The molecule has 0 spiro atoms. The number of nitrogens with zero attached hydrogens (tertiary/aromatic N) is 5. The van der Waals surface area contributed by atoms with E-state index in [1.165, 1.54) is 16.2 Å². The summed E-state index contributed by atoms with van der Waals surface area (Å²) >= 11 is 6.67. The highest BCUT2D eigenvalue weighted by molar-refractivity contribution is 8.26. The number of anilines is 1. The first-order valence-electron chi connectivity index (χ1n) is 11.0. The summed E-state index contributed by atoms with van der Waals surface area (Å²) in [5.74, 6) is 0.317. The fraction of sp³-hybridized carbons (Fsp3) is 0.348. The fourth-order valence-corrected chi connectivity index (χ4v) is 4.89. The minimum absolute atomic E-state index is 0.148. The summed E-state index contributed by atoms with van der Waals surface area (Å²) in [5.41, 5.74) is 0.674. The summed E-state index contributed by atoms with van der Waals surface area (Å²) in [6.45, 7) is 4.14. The molecule has 3 aromatic heterocycles. The zero-order valence-electron chi connectivity index (χ0n) is 18.4. The van der Waals surface area contributed by atoms with Crippen LogP contribution < -0.4 is 10.9 Å². The molecule has 0 aliphatic carbocycles. The lowest BCUT2D eigenvalue weighted by molar-refractivity contribution is -0.122. The van der Waals surface area contributed by atoms with Gasteiger partial charge in [0.25, 0.3) is 11.5 Å². The molecule has 4 rings (SSSR count). The number of rotatable bonds is 10. The van der Waals surface area contributed by atoms with Gasteiger partial charge in [-0.25, -0.2) is 9.97 Å². The summed E-state index contributed by atoms with van der Waals surface area (Å²) in [4.78, 5) is 37.1. The Bertz CT molecular complexity index is 1240. The van der Waals surface area contributed by atoms with Gasteiger partial charge in [0, 0.05) is 38.2 Å². The van der Waals surface area contributed by atoms with Gasteiger partial charge in [0.05, 0.1) is 16.8 Å². The first kappa shape index (κ1) is 23.2. The van der Waals surface area contributed by atoms with Crippen molar-refractivity contribution in [2.45, 2.75) is 39.2 Å². The Morgan fingerprint density at radius 2 is 2.03 bits per heavy atom. The maximum Gasteiger partial charge on any atom is 0.267 e. The van der Waals surface area contributed by atoms with Gasteiger partial charge in [0.15, 0.2) is 0 Å². The predicted molar refractivity (Wildman–Crippen MR) is 136 cm³/mol. The molecule has 4 heterocycles. The highest BCUT2D eigenvalue weighted by Gasteiger charge is 2.32. The third-order valence-corrected chi connectivity index (χ3v) is 6.73. The number of aryl methyl sites for hydroxylation is 1. The summed E-state index contributed by atoms with van der Waals surface area (Å²) in [6.07, 6.45) is 12.6. The highest BCUT2D eigenvalue weighted by Crippen LogP contribution is 2.33. The van der Waals surface area contributed by atoms with Gasteiger partial charge in [-0.3, -0.25) is 18.9 Å². The van der Waals surface area contributed by atoms with Crippen molar-refractivity contribution in [3.05, 3.63) is 63.9 Å². The number of hydrogen-bond donors (Lipinski definition) is 1. The van der Waals surface area contributed by atoms with Crippen LogP contribution in [0.2, 0.25) is 0 Å². The number of hydrogen-bond acceptors (Lipinski definition) is 7. The maximum atomic E-state index is 13.3. The predicted octanol–water partition coefficient (Wildman–Crippen LogP) is 3.78. The lowest BCUT2D eigenvalue weighted by atomic mass is 10.2. The molecular weight excluding hydrogens is 456 g/mol. The van der Waals surface area contributed by atoms with E-state index in [0.717, 1.165) is 32.2 Å². The molecule has 1 aliphatic heterocycles. The molecule has 33 heavy (non-hydrogen) atoms. The summed E-state index contributed by atoms with van der Waals surface area (Å²) in [5, 5.41) is 3.29. The van der Waals surface area contributed by atoms with E-state index in [9.17, 15) is 9.59 Å². The van der Waals surface area contributed by atoms with Crippen LogP contribution in [0.15, 0.2) is 52.8 Å². The average Bonchev–Trinajstić information content (AvgIpc) is 3.42. The topological polar surface area (TPSA) is 84.5 Å². The minimum Gasteiger partial charge on any atom is -0.369 e. The zero-order chi connectivity index (χ0) is 23.2. The number of nitrogens with one attached hydrogen (secondary N) is 1. The number of amides is 1. The number of thioether (sulfide) groups is 1. The average molecular weight is 483 g/mol. The molecule has 10 heteroatoms. The summed E-state index contributed by atoms with van der Waals surface area (Å²) in [7, 11) is 0. The number of pyridine rings is 1. The van der Waals surface area contributed by atoms with Gasteiger partial charge in [-0.1, -0.05) is 49.8 Å². The molecule has 1 fully saturated rings. The van der Waals surface area contributed by atoms with Crippen molar-refractivity contribution in [3.63, 3.8) is 0 Å². The number of unbranched alkanes of at least 4 members (excludes halogenated alkanes) is 2. The molecule has 0 aromatic carbocycles. The van der Waals surface area contributed by atoms with E-state index < -0.39 is 0 Å². The third-order valence-electron chi connectivity index (χ3n) is 5.35. The Balaban J connectivity index is 1.60. The maximum absolute atomic E-state index is 13.3. The fourth-order valence-electron chi connectivity index (χ4n) is 3.60. The molecule has 0 radical (unpaired) electrons. The van der Waals surface area contributed by atoms with Crippen LogP contribution in [0.1, 0.15) is 38.2 Å². The number of imidazole rings is 1. The van der Waals surface area contributed by atoms with Gasteiger partial charge in [-0.05, 0) is 31.1 Å². The van der Waals surface area contributed by atoms with Crippen LogP contribution in [0.5, 0.6) is 0 Å². The molecule has 172 valence electrons. The second kappa shape index (κ2) is 10.8. The van der Waals surface area contributed by atoms with Gasteiger partial charge in [0.2, 0.25) is 0 Å². The number of fused-ring (bicyclic) bond motifs is 1.